The van der Waals surface area contributed by atoms with Crippen LogP contribution in [0.1, 0.15) is 22.7 Å². The molecule has 1 atom stereocenters. The van der Waals surface area contributed by atoms with Crippen LogP contribution in [0.3, 0.4) is 0 Å². The molecule has 0 amide bonds. The Morgan fingerprint density at radius 1 is 1.24 bits per heavy atom. The summed E-state index contributed by atoms with van der Waals surface area (Å²) in [5.41, 5.74) is 8.65. The monoisotopic (exact) mass is 306 g/mol. The third-order valence-corrected chi connectivity index (χ3v) is 4.12. The molecule has 0 bridgehead atoms. The lowest BCUT2D eigenvalue weighted by Crippen LogP contribution is -2.30. The van der Waals surface area contributed by atoms with Crippen LogP contribution >= 0.6 is 11.6 Å². The standard InChI is InChI=1S/C17H20ClFN2/c1-12-7-8-13(9-15(12)18)17(10-20)21(2)11-14-5-3-4-6-16(14)19/h3-9,17H,10-11,20H2,1-2H3. The Hall–Kier alpha value is -1.42. The van der Waals surface area contributed by atoms with Gasteiger partial charge in [0.05, 0.1) is 0 Å². The number of nitrogens with two attached hydrogens (primary N) is 1. The molecule has 0 aliphatic rings. The van der Waals surface area contributed by atoms with Crippen LogP contribution in [0.15, 0.2) is 42.5 Å². The van der Waals surface area contributed by atoms with Gasteiger partial charge in [0.2, 0.25) is 0 Å². The number of hydrogen-bond acceptors (Lipinski definition) is 2. The van der Waals surface area contributed by atoms with Crippen molar-refractivity contribution in [1.29, 1.82) is 0 Å². The molecule has 0 aromatic heterocycles. The fourth-order valence-electron chi connectivity index (χ4n) is 2.39. The van der Waals surface area contributed by atoms with Crippen LogP contribution in [0.5, 0.6) is 0 Å². The van der Waals surface area contributed by atoms with Gasteiger partial charge in [-0.25, -0.2) is 4.39 Å². The molecule has 0 aliphatic heterocycles. The van der Waals surface area contributed by atoms with Crippen LogP contribution < -0.4 is 5.73 Å². The average Bonchev–Trinajstić information content (AvgIpc) is 2.46. The number of nitrogens with zero attached hydrogens (tertiary/aromatic N) is 1. The molecule has 0 aliphatic carbocycles. The fourth-order valence-corrected chi connectivity index (χ4v) is 2.58. The van der Waals surface area contributed by atoms with Gasteiger partial charge in [0.15, 0.2) is 0 Å². The molecule has 2 aromatic rings. The van der Waals surface area contributed by atoms with Gasteiger partial charge in [-0.15, -0.1) is 0 Å². The number of aryl methyl sites for hydroxylation is 1. The molecule has 2 N–H and O–H groups in total. The van der Waals surface area contributed by atoms with Crippen molar-refractivity contribution in [3.63, 3.8) is 0 Å². The van der Waals surface area contributed by atoms with Gasteiger partial charge in [0.1, 0.15) is 5.82 Å². The third-order valence-electron chi connectivity index (χ3n) is 3.71. The van der Waals surface area contributed by atoms with Gasteiger partial charge >= 0.3 is 0 Å². The van der Waals surface area contributed by atoms with Gasteiger partial charge < -0.3 is 5.73 Å². The van der Waals surface area contributed by atoms with E-state index in [1.807, 2.05) is 43.1 Å². The zero-order valence-corrected chi connectivity index (χ0v) is 13.1. The van der Waals surface area contributed by atoms with E-state index < -0.39 is 0 Å². The van der Waals surface area contributed by atoms with Gasteiger partial charge in [0.25, 0.3) is 0 Å². The molecule has 0 heterocycles. The lowest BCUT2D eigenvalue weighted by Gasteiger charge is -2.28. The highest BCUT2D eigenvalue weighted by Gasteiger charge is 2.17. The van der Waals surface area contributed by atoms with E-state index in [2.05, 4.69) is 0 Å². The highest BCUT2D eigenvalue weighted by molar-refractivity contribution is 6.31. The minimum Gasteiger partial charge on any atom is -0.329 e. The van der Waals surface area contributed by atoms with Crippen molar-refractivity contribution in [2.75, 3.05) is 13.6 Å². The second-order valence-electron chi connectivity index (χ2n) is 5.27. The number of benzene rings is 2. The summed E-state index contributed by atoms with van der Waals surface area (Å²) in [6.07, 6.45) is 0. The van der Waals surface area contributed by atoms with Crippen molar-refractivity contribution >= 4 is 11.6 Å². The van der Waals surface area contributed by atoms with Crippen LogP contribution in [-0.4, -0.2) is 18.5 Å². The summed E-state index contributed by atoms with van der Waals surface area (Å²) in [6, 6.07) is 12.7. The van der Waals surface area contributed by atoms with Gasteiger partial charge in [-0.1, -0.05) is 41.9 Å². The van der Waals surface area contributed by atoms with Crippen molar-refractivity contribution in [3.05, 3.63) is 70.0 Å². The molecule has 0 saturated heterocycles. The van der Waals surface area contributed by atoms with Crippen LogP contribution in [0.25, 0.3) is 0 Å². The maximum Gasteiger partial charge on any atom is 0.127 e. The maximum atomic E-state index is 13.8. The summed E-state index contributed by atoms with van der Waals surface area (Å²) >= 11 is 6.19. The molecular formula is C17H20ClFN2. The van der Waals surface area contributed by atoms with Gasteiger partial charge in [-0.3, -0.25) is 4.90 Å². The van der Waals surface area contributed by atoms with Crippen molar-refractivity contribution in [1.82, 2.24) is 4.90 Å². The first-order valence-corrected chi connectivity index (χ1v) is 7.30. The lowest BCUT2D eigenvalue weighted by atomic mass is 10.0. The van der Waals surface area contributed by atoms with Crippen molar-refractivity contribution in [2.24, 2.45) is 5.73 Å². The van der Waals surface area contributed by atoms with E-state index in [1.165, 1.54) is 6.07 Å². The molecule has 2 nitrogen and oxygen atoms in total. The van der Waals surface area contributed by atoms with Crippen LogP contribution in [-0.2, 0) is 6.54 Å². The first-order valence-electron chi connectivity index (χ1n) is 6.92. The molecule has 21 heavy (non-hydrogen) atoms. The van der Waals surface area contributed by atoms with Gasteiger partial charge in [-0.05, 0) is 37.2 Å². The predicted molar refractivity (Wildman–Crippen MR) is 85.9 cm³/mol. The molecule has 0 fully saturated rings. The second-order valence-corrected chi connectivity index (χ2v) is 5.67. The van der Waals surface area contributed by atoms with Crippen molar-refractivity contribution in [3.8, 4) is 0 Å². The topological polar surface area (TPSA) is 29.3 Å². The fraction of sp³-hybridized carbons (Fsp3) is 0.294. The second kappa shape index (κ2) is 7.03. The first kappa shape index (κ1) is 16.0. The lowest BCUT2D eigenvalue weighted by molar-refractivity contribution is 0.238. The SMILES string of the molecule is Cc1ccc(C(CN)N(C)Cc2ccccc2F)cc1Cl. The normalized spacial score (nSPS) is 12.7. The largest absolute Gasteiger partial charge is 0.329 e. The van der Waals surface area contributed by atoms with Crippen LogP contribution in [0.2, 0.25) is 5.02 Å². The van der Waals surface area contributed by atoms with E-state index >= 15 is 0 Å². The smallest absolute Gasteiger partial charge is 0.127 e. The molecule has 1 unspecified atom stereocenters. The molecule has 0 spiro atoms. The Balaban J connectivity index is 2.20. The Kier molecular flexibility index (Phi) is 5.34. The van der Waals surface area contributed by atoms with Crippen molar-refractivity contribution in [2.45, 2.75) is 19.5 Å². The predicted octanol–water partition coefficient (Wildman–Crippen LogP) is 3.92. The summed E-state index contributed by atoms with van der Waals surface area (Å²) < 4.78 is 13.8. The molecule has 0 saturated carbocycles. The Labute approximate surface area is 130 Å². The molecule has 2 rings (SSSR count). The number of halogens is 2. The summed E-state index contributed by atoms with van der Waals surface area (Å²) in [6.45, 7) is 2.91. The quantitative estimate of drug-likeness (QED) is 0.907. The van der Waals surface area contributed by atoms with E-state index in [-0.39, 0.29) is 11.9 Å². The average molecular weight is 307 g/mol. The van der Waals surface area contributed by atoms with Gasteiger partial charge in [0, 0.05) is 29.7 Å². The van der Waals surface area contributed by atoms with Crippen LogP contribution in [0, 0.1) is 12.7 Å². The minimum absolute atomic E-state index is 0.00251. The molecular weight excluding hydrogens is 287 g/mol. The summed E-state index contributed by atoms with van der Waals surface area (Å²) in [4.78, 5) is 2.04. The zero-order chi connectivity index (χ0) is 15.4. The summed E-state index contributed by atoms with van der Waals surface area (Å²) in [5, 5.41) is 0.727. The summed E-state index contributed by atoms with van der Waals surface area (Å²) in [7, 11) is 1.94. The summed E-state index contributed by atoms with van der Waals surface area (Å²) in [5.74, 6) is -0.193. The Morgan fingerprint density at radius 3 is 2.57 bits per heavy atom. The van der Waals surface area contributed by atoms with E-state index in [9.17, 15) is 4.39 Å². The van der Waals surface area contributed by atoms with Gasteiger partial charge in [-0.2, -0.15) is 0 Å². The Morgan fingerprint density at radius 2 is 1.95 bits per heavy atom. The highest BCUT2D eigenvalue weighted by atomic mass is 35.5. The van der Waals surface area contributed by atoms with Crippen molar-refractivity contribution < 1.29 is 4.39 Å². The molecule has 112 valence electrons. The maximum absolute atomic E-state index is 13.8. The van der Waals surface area contributed by atoms with Crippen LogP contribution in [0.4, 0.5) is 4.39 Å². The van der Waals surface area contributed by atoms with E-state index in [0.29, 0.717) is 18.7 Å². The molecule has 4 heteroatoms. The van der Waals surface area contributed by atoms with E-state index in [1.54, 1.807) is 12.1 Å². The third kappa shape index (κ3) is 3.82. The zero-order valence-electron chi connectivity index (χ0n) is 12.3. The molecule has 2 aromatic carbocycles. The van der Waals surface area contributed by atoms with E-state index in [4.69, 9.17) is 17.3 Å². The number of hydrogen-bond donors (Lipinski definition) is 1. The minimum atomic E-state index is -0.193. The highest BCUT2D eigenvalue weighted by Crippen LogP contribution is 2.25. The number of rotatable bonds is 5. The van der Waals surface area contributed by atoms with E-state index in [0.717, 1.165) is 16.1 Å². The Bertz CT molecular complexity index is 615. The first-order chi connectivity index (χ1) is 10.0. The number of likely N-dealkylation sites (N-methyl/N-ethyl adjacent to an activating group) is 1. The molecule has 0 radical (unpaired) electrons.